The van der Waals surface area contributed by atoms with Crippen molar-refractivity contribution in [1.82, 2.24) is 0 Å². The number of hydrogen-bond acceptors (Lipinski definition) is 4. The average Bonchev–Trinajstić information content (AvgIpc) is 2.33. The third kappa shape index (κ3) is 3.58. The van der Waals surface area contributed by atoms with Gasteiger partial charge in [0.15, 0.2) is 5.92 Å². The summed E-state index contributed by atoms with van der Waals surface area (Å²) in [6, 6.07) is 6.49. The predicted molar refractivity (Wildman–Crippen MR) is 65.9 cm³/mol. The first-order valence-corrected chi connectivity index (χ1v) is 5.78. The van der Waals surface area contributed by atoms with Crippen LogP contribution in [0.25, 0.3) is 0 Å². The summed E-state index contributed by atoms with van der Waals surface area (Å²) in [7, 11) is 0. The Bertz CT molecular complexity index is 390. The summed E-state index contributed by atoms with van der Waals surface area (Å²) < 4.78 is 9.77. The van der Waals surface area contributed by atoms with E-state index in [1.54, 1.807) is 38.1 Å². The van der Waals surface area contributed by atoms with E-state index in [1.165, 1.54) is 0 Å². The van der Waals surface area contributed by atoms with Crippen LogP contribution >= 0.6 is 0 Å². The van der Waals surface area contributed by atoms with Crippen LogP contribution in [0.2, 0.25) is 0 Å². The van der Waals surface area contributed by atoms with E-state index in [9.17, 15) is 9.59 Å². The Morgan fingerprint density at radius 2 is 1.50 bits per heavy atom. The number of carbonyl (C=O) groups is 2. The van der Waals surface area contributed by atoms with E-state index < -0.39 is 17.9 Å². The molecule has 0 fully saturated rings. The fourth-order valence-electron chi connectivity index (χ4n) is 1.51. The lowest BCUT2D eigenvalue weighted by Crippen LogP contribution is -2.26. The van der Waals surface area contributed by atoms with Crippen LogP contribution in [0.3, 0.4) is 0 Å². The third-order valence-corrected chi connectivity index (χ3v) is 2.31. The number of carbonyl (C=O) groups excluding carboxylic acids is 2. The molecule has 0 saturated carbocycles. The van der Waals surface area contributed by atoms with Crippen LogP contribution in [-0.2, 0) is 19.1 Å². The minimum absolute atomic E-state index is 0.212. The number of esters is 2. The lowest BCUT2D eigenvalue weighted by Gasteiger charge is -2.14. The predicted octanol–water partition coefficient (Wildman–Crippen LogP) is 1.96. The van der Waals surface area contributed by atoms with Gasteiger partial charge in [0.25, 0.3) is 0 Å². The van der Waals surface area contributed by atoms with Crippen molar-refractivity contribution in [1.29, 1.82) is 0 Å². The van der Waals surface area contributed by atoms with E-state index in [0.717, 1.165) is 0 Å². The number of rotatable bonds is 5. The molecular weight excluding hydrogens is 232 g/mol. The van der Waals surface area contributed by atoms with Crippen molar-refractivity contribution in [3.05, 3.63) is 42.3 Å². The molecule has 0 bridgehead atoms. The molecule has 0 N–H and O–H groups in total. The van der Waals surface area contributed by atoms with Crippen molar-refractivity contribution in [2.75, 3.05) is 13.2 Å². The van der Waals surface area contributed by atoms with Gasteiger partial charge in [-0.05, 0) is 31.9 Å². The maximum absolute atomic E-state index is 11.8. The zero-order valence-corrected chi connectivity index (χ0v) is 10.5. The minimum Gasteiger partial charge on any atom is -0.465 e. The molecule has 96 valence electrons. The first-order chi connectivity index (χ1) is 8.60. The van der Waals surface area contributed by atoms with Gasteiger partial charge in [-0.2, -0.15) is 0 Å². The number of ether oxygens (including phenoxy) is 2. The molecule has 0 aliphatic heterocycles. The van der Waals surface area contributed by atoms with E-state index in [4.69, 9.17) is 16.4 Å². The van der Waals surface area contributed by atoms with Crippen LogP contribution in [0.15, 0.2) is 24.3 Å². The van der Waals surface area contributed by atoms with E-state index in [1.807, 2.05) is 0 Å². The van der Waals surface area contributed by atoms with E-state index in [2.05, 4.69) is 0 Å². The second-order valence-corrected chi connectivity index (χ2v) is 3.60. The summed E-state index contributed by atoms with van der Waals surface area (Å²) in [5.74, 6) is -2.27. The summed E-state index contributed by atoms with van der Waals surface area (Å²) in [5, 5.41) is 0. The highest BCUT2D eigenvalue weighted by atomic mass is 16.6. The standard InChI is InChI=1S/C14H16O4/c1-4-17-13(15)12(14(16)18-5-2)11-8-6-10(3)7-9-11/h3,6-9,12H,4-5H2,1-2H3. The van der Waals surface area contributed by atoms with Crippen molar-refractivity contribution in [2.24, 2.45) is 0 Å². The SMILES string of the molecule is [CH]c1ccc(C(C(=O)OCC)C(=O)OCC)cc1. The molecule has 0 atom stereocenters. The molecule has 0 unspecified atom stereocenters. The summed E-state index contributed by atoms with van der Waals surface area (Å²) in [4.78, 5) is 23.6. The molecule has 0 aromatic heterocycles. The summed E-state index contributed by atoms with van der Waals surface area (Å²) in [5.41, 5.74) is 1.08. The van der Waals surface area contributed by atoms with Crippen LogP contribution in [0.5, 0.6) is 0 Å². The van der Waals surface area contributed by atoms with Crippen molar-refractivity contribution in [3.8, 4) is 0 Å². The average molecular weight is 248 g/mol. The van der Waals surface area contributed by atoms with Gasteiger partial charge in [-0.25, -0.2) is 0 Å². The lowest BCUT2D eigenvalue weighted by molar-refractivity contribution is -0.156. The van der Waals surface area contributed by atoms with Crippen LogP contribution in [0.4, 0.5) is 0 Å². The normalized spacial score (nSPS) is 10.2. The molecular formula is C14H16O4. The summed E-state index contributed by atoms with van der Waals surface area (Å²) in [6.45, 7) is 9.36. The van der Waals surface area contributed by atoms with Crippen LogP contribution < -0.4 is 0 Å². The van der Waals surface area contributed by atoms with Crippen molar-refractivity contribution in [2.45, 2.75) is 19.8 Å². The molecule has 4 heteroatoms. The Morgan fingerprint density at radius 3 is 1.89 bits per heavy atom. The van der Waals surface area contributed by atoms with E-state index in [0.29, 0.717) is 11.1 Å². The second kappa shape index (κ2) is 6.79. The Kier molecular flexibility index (Phi) is 5.36. The smallest absolute Gasteiger partial charge is 0.324 e. The largest absolute Gasteiger partial charge is 0.465 e. The van der Waals surface area contributed by atoms with Crippen molar-refractivity contribution in [3.63, 3.8) is 0 Å². The first-order valence-electron chi connectivity index (χ1n) is 5.78. The zero-order chi connectivity index (χ0) is 13.5. The Morgan fingerprint density at radius 1 is 1.06 bits per heavy atom. The first kappa shape index (κ1) is 14.2. The van der Waals surface area contributed by atoms with Crippen molar-refractivity contribution >= 4 is 11.9 Å². The van der Waals surface area contributed by atoms with Gasteiger partial charge in [-0.15, -0.1) is 0 Å². The highest BCUT2D eigenvalue weighted by molar-refractivity contribution is 6.00. The van der Waals surface area contributed by atoms with Crippen molar-refractivity contribution < 1.29 is 19.1 Å². The minimum atomic E-state index is -1.05. The van der Waals surface area contributed by atoms with Gasteiger partial charge in [0, 0.05) is 0 Å². The van der Waals surface area contributed by atoms with Gasteiger partial charge in [0.05, 0.1) is 13.2 Å². The highest BCUT2D eigenvalue weighted by Crippen LogP contribution is 2.20. The number of hydrogen-bond donors (Lipinski definition) is 0. The van der Waals surface area contributed by atoms with Crippen LogP contribution in [0.1, 0.15) is 30.9 Å². The molecule has 0 spiro atoms. The summed E-state index contributed by atoms with van der Waals surface area (Å²) >= 11 is 0. The molecule has 1 aromatic rings. The fraction of sp³-hybridized carbons (Fsp3) is 0.357. The highest BCUT2D eigenvalue weighted by Gasteiger charge is 2.31. The molecule has 4 nitrogen and oxygen atoms in total. The Balaban J connectivity index is 2.99. The molecule has 0 heterocycles. The molecule has 0 aliphatic carbocycles. The molecule has 0 saturated heterocycles. The molecule has 2 radical (unpaired) electrons. The van der Waals surface area contributed by atoms with E-state index >= 15 is 0 Å². The molecule has 18 heavy (non-hydrogen) atoms. The lowest BCUT2D eigenvalue weighted by atomic mass is 9.98. The van der Waals surface area contributed by atoms with Gasteiger partial charge >= 0.3 is 11.9 Å². The quantitative estimate of drug-likeness (QED) is 0.590. The van der Waals surface area contributed by atoms with Gasteiger partial charge < -0.3 is 9.47 Å². The van der Waals surface area contributed by atoms with Gasteiger partial charge in [0.2, 0.25) is 0 Å². The number of benzene rings is 1. The van der Waals surface area contributed by atoms with Crippen LogP contribution in [0, 0.1) is 6.92 Å². The molecule has 0 aliphatic rings. The molecule has 0 amide bonds. The summed E-state index contributed by atoms with van der Waals surface area (Å²) in [6.07, 6.45) is 0. The van der Waals surface area contributed by atoms with Crippen LogP contribution in [-0.4, -0.2) is 25.2 Å². The molecule has 1 aromatic carbocycles. The maximum Gasteiger partial charge on any atom is 0.324 e. The van der Waals surface area contributed by atoms with Gasteiger partial charge in [0.1, 0.15) is 0 Å². The Labute approximate surface area is 107 Å². The fourth-order valence-corrected chi connectivity index (χ4v) is 1.51. The topological polar surface area (TPSA) is 52.6 Å². The van der Waals surface area contributed by atoms with E-state index in [-0.39, 0.29) is 13.2 Å². The second-order valence-electron chi connectivity index (χ2n) is 3.60. The zero-order valence-electron chi connectivity index (χ0n) is 10.5. The molecule has 1 rings (SSSR count). The third-order valence-electron chi connectivity index (χ3n) is 2.31. The Hall–Kier alpha value is -1.84. The van der Waals surface area contributed by atoms with Gasteiger partial charge in [-0.1, -0.05) is 24.3 Å². The monoisotopic (exact) mass is 248 g/mol. The maximum atomic E-state index is 11.8. The van der Waals surface area contributed by atoms with Gasteiger partial charge in [-0.3, -0.25) is 9.59 Å².